The first-order valence-electron chi connectivity index (χ1n) is 6.98. The number of halogens is 1. The van der Waals surface area contributed by atoms with E-state index in [1.54, 1.807) is 0 Å². The van der Waals surface area contributed by atoms with E-state index in [0.29, 0.717) is 0 Å². The van der Waals surface area contributed by atoms with Gasteiger partial charge in [0.15, 0.2) is 0 Å². The van der Waals surface area contributed by atoms with Crippen molar-refractivity contribution in [2.24, 2.45) is 0 Å². The molecule has 0 aliphatic heterocycles. The molecule has 2 heteroatoms. The molecule has 1 atom stereocenters. The summed E-state index contributed by atoms with van der Waals surface area (Å²) >= 11 is 5.94. The van der Waals surface area contributed by atoms with Crippen molar-refractivity contribution in [3.63, 3.8) is 0 Å². The molecule has 100 valence electrons. The van der Waals surface area contributed by atoms with Crippen LogP contribution in [0.15, 0.2) is 48.5 Å². The van der Waals surface area contributed by atoms with Gasteiger partial charge in [-0.1, -0.05) is 48.0 Å². The van der Waals surface area contributed by atoms with Gasteiger partial charge in [0, 0.05) is 5.02 Å². The number of fused-ring (bicyclic) bond motifs is 1. The lowest BCUT2D eigenvalue weighted by Gasteiger charge is -2.33. The molecule has 1 aliphatic carbocycles. The third-order valence-electron chi connectivity index (χ3n) is 4.22. The van der Waals surface area contributed by atoms with Gasteiger partial charge in [-0.05, 0) is 54.5 Å². The highest BCUT2D eigenvalue weighted by atomic mass is 35.5. The van der Waals surface area contributed by atoms with E-state index in [0.717, 1.165) is 30.7 Å². The fourth-order valence-electron chi connectivity index (χ4n) is 3.21. The number of aryl methyl sites for hydroxylation is 1. The molecule has 1 nitrogen and oxygen atoms in total. The third kappa shape index (κ3) is 2.32. The molecule has 0 bridgehead atoms. The second kappa shape index (κ2) is 5.31. The van der Waals surface area contributed by atoms with Crippen LogP contribution in [-0.2, 0) is 18.3 Å². The second-order valence-electron chi connectivity index (χ2n) is 5.51. The van der Waals surface area contributed by atoms with Crippen molar-refractivity contribution in [3.8, 4) is 6.07 Å². The van der Waals surface area contributed by atoms with Gasteiger partial charge in [0.25, 0.3) is 0 Å². The van der Waals surface area contributed by atoms with Gasteiger partial charge in [-0.25, -0.2) is 0 Å². The van der Waals surface area contributed by atoms with Crippen LogP contribution < -0.4 is 0 Å². The standard InChI is InChI=1S/C18H16ClN/c19-16-9-7-14(8-10-16)12-18(13-20)11-3-5-15-4-1-2-6-17(15)18/h1-2,4,6-10H,3,5,11-12H2. The van der Waals surface area contributed by atoms with Crippen molar-refractivity contribution in [1.29, 1.82) is 5.26 Å². The number of hydrogen-bond acceptors (Lipinski definition) is 1. The summed E-state index contributed by atoms with van der Waals surface area (Å²) in [5, 5.41) is 10.6. The molecule has 0 amide bonds. The molecular weight excluding hydrogens is 266 g/mol. The predicted molar refractivity (Wildman–Crippen MR) is 81.8 cm³/mol. The SMILES string of the molecule is N#CC1(Cc2ccc(Cl)cc2)CCCc2ccccc21. The summed E-state index contributed by atoms with van der Waals surface area (Å²) in [6.07, 6.45) is 3.86. The first-order valence-corrected chi connectivity index (χ1v) is 7.35. The molecule has 0 fully saturated rings. The zero-order chi connectivity index (χ0) is 14.0. The lowest BCUT2D eigenvalue weighted by atomic mass is 9.68. The highest BCUT2D eigenvalue weighted by Gasteiger charge is 2.36. The molecule has 20 heavy (non-hydrogen) atoms. The van der Waals surface area contributed by atoms with E-state index < -0.39 is 0 Å². The fourth-order valence-corrected chi connectivity index (χ4v) is 3.34. The van der Waals surface area contributed by atoms with E-state index in [1.165, 1.54) is 16.7 Å². The van der Waals surface area contributed by atoms with Crippen LogP contribution in [-0.4, -0.2) is 0 Å². The maximum atomic E-state index is 9.83. The Morgan fingerprint density at radius 3 is 2.60 bits per heavy atom. The minimum absolute atomic E-state index is 0.386. The van der Waals surface area contributed by atoms with Crippen LogP contribution in [0.4, 0.5) is 0 Å². The Labute approximate surface area is 124 Å². The van der Waals surface area contributed by atoms with Crippen LogP contribution >= 0.6 is 11.6 Å². The monoisotopic (exact) mass is 281 g/mol. The predicted octanol–water partition coefficient (Wildman–Crippen LogP) is 4.68. The number of nitrogens with zero attached hydrogens (tertiary/aromatic N) is 1. The van der Waals surface area contributed by atoms with E-state index in [-0.39, 0.29) is 5.41 Å². The summed E-state index contributed by atoms with van der Waals surface area (Å²) in [6.45, 7) is 0. The number of nitriles is 1. The first kappa shape index (κ1) is 13.2. The smallest absolute Gasteiger partial charge is 0.0865 e. The largest absolute Gasteiger partial charge is 0.197 e. The van der Waals surface area contributed by atoms with E-state index in [1.807, 2.05) is 30.3 Å². The minimum atomic E-state index is -0.386. The van der Waals surface area contributed by atoms with Crippen molar-refractivity contribution in [1.82, 2.24) is 0 Å². The molecule has 0 heterocycles. The summed E-state index contributed by atoms with van der Waals surface area (Å²) in [4.78, 5) is 0. The topological polar surface area (TPSA) is 23.8 Å². The van der Waals surface area contributed by atoms with Crippen LogP contribution in [0.2, 0.25) is 5.02 Å². The van der Waals surface area contributed by atoms with E-state index >= 15 is 0 Å². The van der Waals surface area contributed by atoms with Gasteiger partial charge in [0.2, 0.25) is 0 Å². The molecular formula is C18H16ClN. The Bertz CT molecular complexity index is 654. The van der Waals surface area contributed by atoms with Gasteiger partial charge in [-0.2, -0.15) is 5.26 Å². The summed E-state index contributed by atoms with van der Waals surface area (Å²) < 4.78 is 0. The normalized spacial score (nSPS) is 21.0. The maximum absolute atomic E-state index is 9.83. The molecule has 0 saturated heterocycles. The lowest BCUT2D eigenvalue weighted by Crippen LogP contribution is -2.31. The van der Waals surface area contributed by atoms with Crippen molar-refractivity contribution < 1.29 is 0 Å². The van der Waals surface area contributed by atoms with Crippen LogP contribution in [0.5, 0.6) is 0 Å². The average molecular weight is 282 g/mol. The Kier molecular flexibility index (Phi) is 3.51. The Morgan fingerprint density at radius 2 is 1.85 bits per heavy atom. The van der Waals surface area contributed by atoms with E-state index in [9.17, 15) is 5.26 Å². The quantitative estimate of drug-likeness (QED) is 0.784. The molecule has 0 spiro atoms. The Morgan fingerprint density at radius 1 is 1.10 bits per heavy atom. The highest BCUT2D eigenvalue weighted by Crippen LogP contribution is 2.39. The van der Waals surface area contributed by atoms with Crippen LogP contribution in [0.1, 0.15) is 29.5 Å². The number of hydrogen-bond donors (Lipinski definition) is 0. The Hall–Kier alpha value is -1.78. The van der Waals surface area contributed by atoms with Crippen molar-refractivity contribution >= 4 is 11.6 Å². The van der Waals surface area contributed by atoms with E-state index in [2.05, 4.69) is 24.3 Å². The summed E-state index contributed by atoms with van der Waals surface area (Å²) in [6, 6.07) is 18.8. The van der Waals surface area contributed by atoms with Gasteiger partial charge in [0.1, 0.15) is 0 Å². The van der Waals surface area contributed by atoms with Gasteiger partial charge < -0.3 is 0 Å². The second-order valence-corrected chi connectivity index (χ2v) is 5.94. The molecule has 3 rings (SSSR count). The zero-order valence-corrected chi connectivity index (χ0v) is 12.0. The average Bonchev–Trinajstić information content (AvgIpc) is 2.50. The van der Waals surface area contributed by atoms with E-state index in [4.69, 9.17) is 11.6 Å². The first-order chi connectivity index (χ1) is 9.73. The maximum Gasteiger partial charge on any atom is 0.0865 e. The molecule has 2 aromatic carbocycles. The summed E-state index contributed by atoms with van der Waals surface area (Å²) in [7, 11) is 0. The van der Waals surface area contributed by atoms with Gasteiger partial charge in [0.05, 0.1) is 11.5 Å². The molecule has 0 N–H and O–H groups in total. The van der Waals surface area contributed by atoms with Gasteiger partial charge >= 0.3 is 0 Å². The molecule has 1 unspecified atom stereocenters. The van der Waals surface area contributed by atoms with Gasteiger partial charge in [-0.3, -0.25) is 0 Å². The minimum Gasteiger partial charge on any atom is -0.197 e. The third-order valence-corrected chi connectivity index (χ3v) is 4.47. The zero-order valence-electron chi connectivity index (χ0n) is 11.3. The Balaban J connectivity index is 2.01. The van der Waals surface area contributed by atoms with Crippen LogP contribution in [0.3, 0.4) is 0 Å². The fraction of sp³-hybridized carbons (Fsp3) is 0.278. The molecule has 0 aromatic heterocycles. The van der Waals surface area contributed by atoms with Crippen molar-refractivity contribution in [3.05, 3.63) is 70.2 Å². The lowest BCUT2D eigenvalue weighted by molar-refractivity contribution is 0.450. The molecule has 0 radical (unpaired) electrons. The molecule has 0 saturated carbocycles. The van der Waals surface area contributed by atoms with Crippen LogP contribution in [0.25, 0.3) is 0 Å². The summed E-state index contributed by atoms with van der Waals surface area (Å²) in [5.74, 6) is 0. The molecule has 1 aliphatic rings. The van der Waals surface area contributed by atoms with Crippen LogP contribution in [0, 0.1) is 11.3 Å². The van der Waals surface area contributed by atoms with Gasteiger partial charge in [-0.15, -0.1) is 0 Å². The highest BCUT2D eigenvalue weighted by molar-refractivity contribution is 6.30. The van der Waals surface area contributed by atoms with Crippen molar-refractivity contribution in [2.45, 2.75) is 31.1 Å². The number of benzene rings is 2. The summed E-state index contributed by atoms with van der Waals surface area (Å²) in [5.41, 5.74) is 3.33. The molecule has 2 aromatic rings. The van der Waals surface area contributed by atoms with Crippen molar-refractivity contribution in [2.75, 3.05) is 0 Å². The number of rotatable bonds is 2.